The van der Waals surface area contributed by atoms with Gasteiger partial charge in [0.15, 0.2) is 4.67 Å². The van der Waals surface area contributed by atoms with Crippen LogP contribution < -0.4 is 5.32 Å². The largest absolute Gasteiger partial charge is 0.457 e. The molecule has 0 aliphatic carbocycles. The third kappa shape index (κ3) is 4.52. The van der Waals surface area contributed by atoms with E-state index in [1.54, 1.807) is 6.07 Å². The van der Waals surface area contributed by atoms with Crippen LogP contribution in [0.4, 0.5) is 0 Å². The summed E-state index contributed by atoms with van der Waals surface area (Å²) in [6.45, 7) is 4.88. The summed E-state index contributed by atoms with van der Waals surface area (Å²) in [5, 5.41) is 11.7. The van der Waals surface area contributed by atoms with E-state index in [2.05, 4.69) is 35.1 Å². The van der Waals surface area contributed by atoms with Gasteiger partial charge in [0.2, 0.25) is 0 Å². The third-order valence-corrected chi connectivity index (χ3v) is 3.22. The highest BCUT2D eigenvalue weighted by Gasteiger charge is 2.20. The second-order valence-electron chi connectivity index (χ2n) is 4.78. The molecular weight excluding hydrogens is 286 g/mol. The fourth-order valence-corrected chi connectivity index (χ4v) is 1.94. The number of carbonyl (C=O) groups excluding carboxylic acids is 1. The van der Waals surface area contributed by atoms with Gasteiger partial charge in [0.05, 0.1) is 11.8 Å². The molecule has 1 aromatic heterocycles. The molecule has 17 heavy (non-hydrogen) atoms. The number of rotatable bonds is 6. The molecule has 0 spiro atoms. The molecule has 96 valence electrons. The number of nitrogens with one attached hydrogen (secondary N) is 1. The second kappa shape index (κ2) is 6.21. The molecule has 0 unspecified atom stereocenters. The van der Waals surface area contributed by atoms with Gasteiger partial charge in [-0.05, 0) is 40.3 Å². The zero-order chi connectivity index (χ0) is 12.9. The smallest absolute Gasteiger partial charge is 0.255 e. The van der Waals surface area contributed by atoms with Crippen LogP contribution >= 0.6 is 15.9 Å². The molecule has 0 saturated heterocycles. The summed E-state index contributed by atoms with van der Waals surface area (Å²) in [6, 6.07) is 1.63. The molecule has 1 rings (SSSR count). The first-order valence-corrected chi connectivity index (χ1v) is 6.37. The van der Waals surface area contributed by atoms with Crippen LogP contribution in [0.2, 0.25) is 0 Å². The first-order valence-electron chi connectivity index (χ1n) is 5.58. The molecule has 0 aliphatic rings. The number of hydrogen-bond donors (Lipinski definition) is 2. The third-order valence-electron chi connectivity index (χ3n) is 2.60. The molecule has 1 heterocycles. The minimum absolute atomic E-state index is 0.0192. The molecule has 1 amide bonds. The van der Waals surface area contributed by atoms with Crippen molar-refractivity contribution in [2.24, 2.45) is 5.41 Å². The number of carbonyl (C=O) groups is 1. The van der Waals surface area contributed by atoms with Crippen molar-refractivity contribution in [3.8, 4) is 0 Å². The molecule has 1 aromatic rings. The quantitative estimate of drug-likeness (QED) is 0.849. The highest BCUT2D eigenvalue weighted by Crippen LogP contribution is 2.22. The molecule has 5 heteroatoms. The van der Waals surface area contributed by atoms with Crippen LogP contribution in [0.3, 0.4) is 0 Å². The van der Waals surface area contributed by atoms with Crippen molar-refractivity contribution in [2.45, 2.75) is 26.7 Å². The summed E-state index contributed by atoms with van der Waals surface area (Å²) < 4.78 is 5.45. The van der Waals surface area contributed by atoms with Crippen molar-refractivity contribution >= 4 is 21.8 Å². The first-order chi connectivity index (χ1) is 7.96. The summed E-state index contributed by atoms with van der Waals surface area (Å²) in [6.07, 6.45) is 3.09. The Hall–Kier alpha value is -0.810. The Morgan fingerprint density at radius 3 is 2.82 bits per heavy atom. The van der Waals surface area contributed by atoms with Crippen molar-refractivity contribution in [1.82, 2.24) is 5.32 Å². The minimum Gasteiger partial charge on any atom is -0.457 e. The number of hydrogen-bond acceptors (Lipinski definition) is 3. The first kappa shape index (κ1) is 14.3. The number of aliphatic hydroxyl groups excluding tert-OH is 1. The van der Waals surface area contributed by atoms with E-state index in [0.717, 1.165) is 12.8 Å². The van der Waals surface area contributed by atoms with Crippen molar-refractivity contribution in [1.29, 1.82) is 0 Å². The van der Waals surface area contributed by atoms with Gasteiger partial charge in [-0.2, -0.15) is 0 Å². The maximum Gasteiger partial charge on any atom is 0.255 e. The summed E-state index contributed by atoms with van der Waals surface area (Å²) >= 11 is 3.17. The van der Waals surface area contributed by atoms with Crippen LogP contribution in [0.25, 0.3) is 0 Å². The van der Waals surface area contributed by atoms with Crippen molar-refractivity contribution < 1.29 is 14.3 Å². The average molecular weight is 304 g/mol. The van der Waals surface area contributed by atoms with E-state index in [0.29, 0.717) is 16.8 Å². The zero-order valence-corrected chi connectivity index (χ0v) is 11.7. The van der Waals surface area contributed by atoms with Crippen LogP contribution in [0.1, 0.15) is 37.0 Å². The molecule has 0 aliphatic heterocycles. The molecule has 0 aromatic carbocycles. The van der Waals surface area contributed by atoms with Crippen LogP contribution in [0.15, 0.2) is 21.4 Å². The van der Waals surface area contributed by atoms with Gasteiger partial charge in [-0.15, -0.1) is 0 Å². The fraction of sp³-hybridized carbons (Fsp3) is 0.583. The number of furan rings is 1. The molecule has 0 radical (unpaired) electrons. The zero-order valence-electron chi connectivity index (χ0n) is 10.1. The van der Waals surface area contributed by atoms with Gasteiger partial charge in [0, 0.05) is 13.2 Å². The van der Waals surface area contributed by atoms with Gasteiger partial charge >= 0.3 is 0 Å². The van der Waals surface area contributed by atoms with E-state index in [-0.39, 0.29) is 17.9 Å². The predicted octanol–water partition coefficient (Wildman–Crippen LogP) is 2.57. The summed E-state index contributed by atoms with van der Waals surface area (Å²) in [7, 11) is 0. The molecule has 0 saturated carbocycles. The Morgan fingerprint density at radius 2 is 2.29 bits per heavy atom. The summed E-state index contributed by atoms with van der Waals surface area (Å²) in [5.74, 6) is -0.150. The normalized spacial score (nSPS) is 11.5. The molecule has 2 N–H and O–H groups in total. The lowest BCUT2D eigenvalue weighted by Gasteiger charge is -2.24. The molecule has 0 bridgehead atoms. The number of amides is 1. The molecule has 0 fully saturated rings. The van der Waals surface area contributed by atoms with E-state index in [4.69, 9.17) is 9.52 Å². The van der Waals surface area contributed by atoms with E-state index in [1.807, 2.05) is 0 Å². The number of aliphatic hydroxyl groups is 1. The fourth-order valence-electron chi connectivity index (χ4n) is 1.52. The predicted molar refractivity (Wildman–Crippen MR) is 68.8 cm³/mol. The topological polar surface area (TPSA) is 62.5 Å². The highest BCUT2D eigenvalue weighted by atomic mass is 79.9. The maximum absolute atomic E-state index is 11.8. The van der Waals surface area contributed by atoms with Crippen LogP contribution in [0.5, 0.6) is 0 Å². The van der Waals surface area contributed by atoms with Gasteiger partial charge in [0.1, 0.15) is 0 Å². The van der Waals surface area contributed by atoms with Gasteiger partial charge in [-0.3, -0.25) is 4.79 Å². The lowest BCUT2D eigenvalue weighted by Crippen LogP contribution is -2.34. The van der Waals surface area contributed by atoms with E-state index < -0.39 is 0 Å². The Morgan fingerprint density at radius 1 is 1.59 bits per heavy atom. The standard InChI is InChI=1S/C12H18BrNO3/c1-12(2,5-3-6-15)8-14-11(16)9-4-7-17-10(9)13/h4,7,15H,3,5-6,8H2,1-2H3,(H,14,16). The van der Waals surface area contributed by atoms with Gasteiger partial charge < -0.3 is 14.8 Å². The Balaban J connectivity index is 2.45. The Bertz CT molecular complexity index is 374. The lowest BCUT2D eigenvalue weighted by atomic mass is 9.88. The second-order valence-corrected chi connectivity index (χ2v) is 5.50. The van der Waals surface area contributed by atoms with E-state index in [1.165, 1.54) is 6.26 Å². The van der Waals surface area contributed by atoms with Crippen molar-refractivity contribution in [3.05, 3.63) is 22.6 Å². The summed E-state index contributed by atoms with van der Waals surface area (Å²) in [4.78, 5) is 11.8. The summed E-state index contributed by atoms with van der Waals surface area (Å²) in [5.41, 5.74) is 0.483. The lowest BCUT2D eigenvalue weighted by molar-refractivity contribution is 0.0931. The van der Waals surface area contributed by atoms with Crippen LogP contribution in [-0.4, -0.2) is 24.2 Å². The van der Waals surface area contributed by atoms with Crippen molar-refractivity contribution in [2.75, 3.05) is 13.2 Å². The maximum atomic E-state index is 11.8. The van der Waals surface area contributed by atoms with E-state index >= 15 is 0 Å². The SMILES string of the molecule is CC(C)(CCCO)CNC(=O)c1ccoc1Br. The number of halogens is 1. The molecule has 0 atom stereocenters. The monoisotopic (exact) mass is 303 g/mol. The highest BCUT2D eigenvalue weighted by molar-refractivity contribution is 9.10. The van der Waals surface area contributed by atoms with Gasteiger partial charge in [0.25, 0.3) is 5.91 Å². The van der Waals surface area contributed by atoms with Crippen LogP contribution in [-0.2, 0) is 0 Å². The van der Waals surface area contributed by atoms with Crippen molar-refractivity contribution in [3.63, 3.8) is 0 Å². The van der Waals surface area contributed by atoms with E-state index in [9.17, 15) is 4.79 Å². The van der Waals surface area contributed by atoms with Gasteiger partial charge in [-0.1, -0.05) is 13.8 Å². The molecule has 4 nitrogen and oxygen atoms in total. The van der Waals surface area contributed by atoms with Crippen LogP contribution in [0, 0.1) is 5.41 Å². The molecular formula is C12H18BrNO3. The van der Waals surface area contributed by atoms with Gasteiger partial charge in [-0.25, -0.2) is 0 Å². The Labute approximate surface area is 110 Å². The average Bonchev–Trinajstić information content (AvgIpc) is 2.70. The minimum atomic E-state index is -0.150. The Kier molecular flexibility index (Phi) is 5.21.